The lowest BCUT2D eigenvalue weighted by Crippen LogP contribution is -2.02. The van der Waals surface area contributed by atoms with Gasteiger partial charge >= 0.3 is 5.97 Å². The first kappa shape index (κ1) is 17.4. The van der Waals surface area contributed by atoms with Gasteiger partial charge in [-0.3, -0.25) is 0 Å². The van der Waals surface area contributed by atoms with Gasteiger partial charge in [0.15, 0.2) is 17.2 Å². The number of hydrogen-bond acceptors (Lipinski definition) is 6. The maximum absolute atomic E-state index is 11.3. The van der Waals surface area contributed by atoms with E-state index in [0.29, 0.717) is 16.6 Å². The molecule has 0 atom stereocenters. The number of aromatic carboxylic acids is 1. The number of rotatable bonds is 4. The van der Waals surface area contributed by atoms with Crippen LogP contribution in [0, 0.1) is 6.92 Å². The van der Waals surface area contributed by atoms with Crippen molar-refractivity contribution in [1.29, 1.82) is 0 Å². The molecule has 29 heavy (non-hydrogen) atoms. The van der Waals surface area contributed by atoms with E-state index in [9.17, 15) is 9.90 Å². The van der Waals surface area contributed by atoms with Crippen LogP contribution in [0.15, 0.2) is 53.9 Å². The predicted molar refractivity (Wildman–Crippen MR) is 108 cm³/mol. The summed E-state index contributed by atoms with van der Waals surface area (Å²) >= 11 is 1.24. The zero-order chi connectivity index (χ0) is 20.0. The normalized spacial score (nSPS) is 12.3. The van der Waals surface area contributed by atoms with Crippen LogP contribution in [-0.4, -0.2) is 32.6 Å². The van der Waals surface area contributed by atoms with Crippen LogP contribution in [0.25, 0.3) is 27.6 Å². The monoisotopic (exact) mass is 405 g/mol. The molecular weight excluding hydrogens is 390 g/mol. The second-order valence-corrected chi connectivity index (χ2v) is 7.33. The number of nitrogens with zero attached hydrogens (tertiary/aromatic N) is 3. The summed E-state index contributed by atoms with van der Waals surface area (Å²) in [6.45, 7) is 2.19. The minimum absolute atomic E-state index is 0.00366. The van der Waals surface area contributed by atoms with Crippen molar-refractivity contribution in [3.63, 3.8) is 0 Å². The summed E-state index contributed by atoms with van der Waals surface area (Å²) in [4.78, 5) is 15.6. The number of fused-ring (bicyclic) bond motifs is 1. The van der Waals surface area contributed by atoms with Gasteiger partial charge in [0.25, 0.3) is 0 Å². The number of benzene rings is 2. The second-order valence-electron chi connectivity index (χ2n) is 6.49. The van der Waals surface area contributed by atoms with Crippen molar-refractivity contribution in [3.05, 3.63) is 65.2 Å². The molecule has 7 nitrogen and oxygen atoms in total. The van der Waals surface area contributed by atoms with Crippen molar-refractivity contribution in [1.82, 2.24) is 14.8 Å². The van der Waals surface area contributed by atoms with E-state index < -0.39 is 5.97 Å². The number of hydrogen-bond donors (Lipinski definition) is 1. The summed E-state index contributed by atoms with van der Waals surface area (Å²) in [5.41, 5.74) is 4.45. The van der Waals surface area contributed by atoms with Gasteiger partial charge < -0.3 is 14.6 Å². The molecule has 5 rings (SSSR count). The largest absolute Gasteiger partial charge is 0.476 e. The quantitative estimate of drug-likeness (QED) is 0.542. The van der Waals surface area contributed by atoms with Gasteiger partial charge in [0.05, 0.1) is 11.4 Å². The van der Waals surface area contributed by atoms with E-state index >= 15 is 0 Å². The van der Waals surface area contributed by atoms with Gasteiger partial charge in [-0.05, 0) is 25.1 Å². The minimum Gasteiger partial charge on any atom is -0.476 e. The fourth-order valence-electron chi connectivity index (χ4n) is 3.35. The molecule has 0 unspecified atom stereocenters. The lowest BCUT2D eigenvalue weighted by atomic mass is 10.0. The van der Waals surface area contributed by atoms with E-state index in [1.165, 1.54) is 16.7 Å². The molecule has 0 bridgehead atoms. The molecule has 0 fully saturated rings. The Labute approximate surface area is 169 Å². The van der Waals surface area contributed by atoms with E-state index in [4.69, 9.17) is 14.6 Å². The van der Waals surface area contributed by atoms with Crippen molar-refractivity contribution < 1.29 is 19.4 Å². The summed E-state index contributed by atoms with van der Waals surface area (Å²) in [7, 11) is 0. The molecule has 4 aromatic rings. The summed E-state index contributed by atoms with van der Waals surface area (Å²) in [5, 5.41) is 16.1. The Hall–Kier alpha value is -3.65. The number of thiazole rings is 1. The van der Waals surface area contributed by atoms with Crippen LogP contribution in [-0.2, 0) is 0 Å². The average Bonchev–Trinajstić information content (AvgIpc) is 3.46. The number of carboxylic acid groups (broad SMARTS) is 1. The molecule has 0 aliphatic carbocycles. The average molecular weight is 405 g/mol. The van der Waals surface area contributed by atoms with Crippen LogP contribution in [0.3, 0.4) is 0 Å². The van der Waals surface area contributed by atoms with Crippen molar-refractivity contribution in [2.75, 3.05) is 6.79 Å². The molecule has 0 saturated carbocycles. The summed E-state index contributed by atoms with van der Waals surface area (Å²) in [6, 6.07) is 15.6. The zero-order valence-corrected chi connectivity index (χ0v) is 16.1. The number of carbonyl (C=O) groups is 1. The lowest BCUT2D eigenvalue weighted by Gasteiger charge is -2.07. The highest BCUT2D eigenvalue weighted by molar-refractivity contribution is 7.12. The molecule has 8 heteroatoms. The molecule has 1 aliphatic rings. The minimum atomic E-state index is -1.07. The number of aromatic nitrogens is 3. The molecule has 2 aromatic carbocycles. The topological polar surface area (TPSA) is 86.5 Å². The number of carboxylic acids is 1. The Morgan fingerprint density at radius 2 is 1.90 bits per heavy atom. The van der Waals surface area contributed by atoms with Crippen molar-refractivity contribution in [3.8, 4) is 39.1 Å². The number of ether oxygens (including phenoxy) is 2. The summed E-state index contributed by atoms with van der Waals surface area (Å²) < 4.78 is 12.6. The Morgan fingerprint density at radius 3 is 2.66 bits per heavy atom. The van der Waals surface area contributed by atoms with E-state index in [1.807, 2.05) is 55.5 Å². The van der Waals surface area contributed by atoms with Gasteiger partial charge in [-0.15, -0.1) is 11.3 Å². The Balaban J connectivity index is 1.73. The van der Waals surface area contributed by atoms with E-state index in [-0.39, 0.29) is 12.5 Å². The van der Waals surface area contributed by atoms with Crippen LogP contribution in [0.4, 0.5) is 0 Å². The van der Waals surface area contributed by atoms with Gasteiger partial charge in [-0.2, -0.15) is 5.10 Å². The van der Waals surface area contributed by atoms with Crippen LogP contribution in [0.2, 0.25) is 0 Å². The highest BCUT2D eigenvalue weighted by Gasteiger charge is 2.23. The maximum atomic E-state index is 11.3. The standard InChI is InChI=1S/C21H15N3O4S/c1-12-18(13-5-3-2-4-6-13)23-24(21-22-15(10-29-21)20(25)26)19(12)14-7-8-16-17(9-14)28-11-27-16/h2-10H,11H2,1H3,(H,25,26). The molecule has 0 spiro atoms. The smallest absolute Gasteiger partial charge is 0.355 e. The van der Waals surface area contributed by atoms with E-state index in [2.05, 4.69) is 4.98 Å². The third-order valence-corrected chi connectivity index (χ3v) is 5.52. The molecular formula is C21H15N3O4S. The Bertz CT molecular complexity index is 1230. The molecule has 144 valence electrons. The fraction of sp³-hybridized carbons (Fsp3) is 0.0952. The first-order valence-corrected chi connectivity index (χ1v) is 9.74. The third kappa shape index (κ3) is 2.94. The van der Waals surface area contributed by atoms with Gasteiger partial charge in [-0.25, -0.2) is 14.5 Å². The van der Waals surface area contributed by atoms with Crippen molar-refractivity contribution in [2.45, 2.75) is 6.92 Å². The predicted octanol–water partition coefficient (Wildman–Crippen LogP) is 4.40. The van der Waals surface area contributed by atoms with Crippen LogP contribution < -0.4 is 9.47 Å². The molecule has 1 aliphatic heterocycles. The highest BCUT2D eigenvalue weighted by Crippen LogP contribution is 2.39. The van der Waals surface area contributed by atoms with Crippen LogP contribution in [0.1, 0.15) is 16.1 Å². The molecule has 0 radical (unpaired) electrons. The van der Waals surface area contributed by atoms with Gasteiger partial charge in [-0.1, -0.05) is 30.3 Å². The zero-order valence-electron chi connectivity index (χ0n) is 15.3. The maximum Gasteiger partial charge on any atom is 0.355 e. The molecule has 1 N–H and O–H groups in total. The Kier molecular flexibility index (Phi) is 4.06. The summed E-state index contributed by atoms with van der Waals surface area (Å²) in [5.74, 6) is 0.300. The Morgan fingerprint density at radius 1 is 1.10 bits per heavy atom. The van der Waals surface area contributed by atoms with Gasteiger partial charge in [0.1, 0.15) is 0 Å². The van der Waals surface area contributed by atoms with Gasteiger partial charge in [0.2, 0.25) is 11.9 Å². The van der Waals surface area contributed by atoms with Crippen molar-refractivity contribution in [2.24, 2.45) is 0 Å². The SMILES string of the molecule is Cc1c(-c2ccccc2)nn(-c2nc(C(=O)O)cs2)c1-c1ccc2c(c1)OCO2. The highest BCUT2D eigenvalue weighted by atomic mass is 32.1. The van der Waals surface area contributed by atoms with Crippen molar-refractivity contribution >= 4 is 17.3 Å². The fourth-order valence-corrected chi connectivity index (χ4v) is 4.10. The first-order chi connectivity index (χ1) is 14.1. The molecule has 0 saturated heterocycles. The summed E-state index contributed by atoms with van der Waals surface area (Å²) in [6.07, 6.45) is 0. The molecule has 2 aromatic heterocycles. The van der Waals surface area contributed by atoms with E-state index in [1.54, 1.807) is 4.68 Å². The van der Waals surface area contributed by atoms with Gasteiger partial charge in [0, 0.05) is 22.1 Å². The van der Waals surface area contributed by atoms with Crippen LogP contribution >= 0.6 is 11.3 Å². The molecule has 3 heterocycles. The third-order valence-electron chi connectivity index (χ3n) is 4.71. The van der Waals surface area contributed by atoms with E-state index in [0.717, 1.165) is 28.1 Å². The lowest BCUT2D eigenvalue weighted by molar-refractivity contribution is 0.0691. The first-order valence-electron chi connectivity index (χ1n) is 8.86. The molecule has 0 amide bonds. The second kappa shape index (κ2) is 6.75. The van der Waals surface area contributed by atoms with Crippen LogP contribution in [0.5, 0.6) is 11.5 Å².